The maximum absolute atomic E-state index is 11.5. The number of nitrogens with zero attached hydrogens (tertiary/aromatic N) is 1. The number of pyridine rings is 1. The lowest BCUT2D eigenvalue weighted by molar-refractivity contribution is 0.0997. The quantitative estimate of drug-likeness (QED) is 0.765. The first kappa shape index (κ1) is 19.7. The van der Waals surface area contributed by atoms with E-state index in [2.05, 4.69) is 0 Å². The molecule has 1 amide bonds. The van der Waals surface area contributed by atoms with Crippen LogP contribution in [0.3, 0.4) is 0 Å². The van der Waals surface area contributed by atoms with Gasteiger partial charge in [0, 0.05) is 11.9 Å². The zero-order chi connectivity index (χ0) is 17.4. The molecule has 1 aromatic carbocycles. The van der Waals surface area contributed by atoms with Crippen molar-refractivity contribution in [3.63, 3.8) is 0 Å². The van der Waals surface area contributed by atoms with Gasteiger partial charge in [-0.25, -0.2) is 0 Å². The highest BCUT2D eigenvalue weighted by Gasteiger charge is 2.25. The molecular formula is C16H16Cl2N3O3S-. The molecular weight excluding hydrogens is 385 g/mol. The summed E-state index contributed by atoms with van der Waals surface area (Å²) in [5, 5.41) is 8.58. The average molecular weight is 401 g/mol. The molecule has 6 nitrogen and oxygen atoms in total. The van der Waals surface area contributed by atoms with E-state index in [1.165, 1.54) is 6.07 Å². The van der Waals surface area contributed by atoms with Crippen LogP contribution in [0.5, 0.6) is 0 Å². The maximum atomic E-state index is 11.5. The summed E-state index contributed by atoms with van der Waals surface area (Å²) in [6, 6.07) is 6.77. The molecule has 3 rings (SSSR count). The Hall–Kier alpha value is -1.67. The van der Waals surface area contributed by atoms with E-state index in [9.17, 15) is 13.6 Å². The molecule has 2 unspecified atom stereocenters. The molecule has 9 heteroatoms. The standard InChI is InChI=1S/C16H16ClN3O3S.ClH/c17-11-6-13(16(19)21)15(18)20(7-11)14-4-3-10-2-1-9(5-12(10)14)8-24(22)23;/h1-2,5-7,14,18H,3-4,8H2,(H2,19,21)(H,22,23);1H/p-1. The minimum atomic E-state index is -2.16. The fourth-order valence-electron chi connectivity index (χ4n) is 3.16. The van der Waals surface area contributed by atoms with Gasteiger partial charge in [-0.05, 0) is 35.6 Å². The second kappa shape index (κ2) is 7.70. The number of benzene rings is 1. The monoisotopic (exact) mass is 400 g/mol. The number of aryl methyl sites for hydroxylation is 1. The normalized spacial score (nSPS) is 16.8. The molecule has 2 aromatic rings. The highest BCUT2D eigenvalue weighted by Crippen LogP contribution is 2.34. The summed E-state index contributed by atoms with van der Waals surface area (Å²) < 4.78 is 23.5. The molecule has 0 radical (unpaired) electrons. The van der Waals surface area contributed by atoms with E-state index in [1.807, 2.05) is 12.1 Å². The summed E-state index contributed by atoms with van der Waals surface area (Å²) in [6.07, 6.45) is 3.16. The Balaban J connectivity index is 0.00000225. The second-order valence-electron chi connectivity index (χ2n) is 5.73. The van der Waals surface area contributed by atoms with Gasteiger partial charge in [-0.15, -0.1) is 12.4 Å². The van der Waals surface area contributed by atoms with Crippen LogP contribution in [-0.4, -0.2) is 19.2 Å². The maximum Gasteiger partial charge on any atom is 0.252 e. The summed E-state index contributed by atoms with van der Waals surface area (Å²) in [7, 11) is 0. The van der Waals surface area contributed by atoms with Crippen LogP contribution in [0.1, 0.15) is 39.5 Å². The van der Waals surface area contributed by atoms with E-state index in [4.69, 9.17) is 22.7 Å². The Labute approximate surface area is 158 Å². The second-order valence-corrected chi connectivity index (χ2v) is 7.06. The molecule has 25 heavy (non-hydrogen) atoms. The Morgan fingerprint density at radius 2 is 2.16 bits per heavy atom. The van der Waals surface area contributed by atoms with E-state index in [0.29, 0.717) is 10.6 Å². The first-order valence-corrected chi connectivity index (χ1v) is 8.92. The number of fused-ring (bicyclic) bond motifs is 1. The highest BCUT2D eigenvalue weighted by molar-refractivity contribution is 7.78. The van der Waals surface area contributed by atoms with Crippen molar-refractivity contribution in [2.24, 2.45) is 5.73 Å². The predicted molar refractivity (Wildman–Crippen MR) is 96.6 cm³/mol. The average Bonchev–Trinajstić information content (AvgIpc) is 2.91. The number of carbonyl (C=O) groups is 1. The number of carbonyl (C=O) groups excluding carboxylic acids is 1. The van der Waals surface area contributed by atoms with Gasteiger partial charge in [0.15, 0.2) is 0 Å². The van der Waals surface area contributed by atoms with Crippen molar-refractivity contribution in [1.82, 2.24) is 4.57 Å². The van der Waals surface area contributed by atoms with Crippen LogP contribution in [-0.2, 0) is 23.3 Å². The van der Waals surface area contributed by atoms with Crippen LogP contribution in [0.15, 0.2) is 30.5 Å². The van der Waals surface area contributed by atoms with Crippen LogP contribution >= 0.6 is 24.0 Å². The SMILES string of the molecule is Cl.N=c1c(C(N)=O)cc(Cl)cn1C1CCc2ccc(CS(=O)[O-])cc21. The van der Waals surface area contributed by atoms with E-state index < -0.39 is 17.0 Å². The summed E-state index contributed by atoms with van der Waals surface area (Å²) >= 11 is 3.92. The van der Waals surface area contributed by atoms with Gasteiger partial charge in [0.1, 0.15) is 5.49 Å². The molecule has 2 atom stereocenters. The predicted octanol–water partition coefficient (Wildman–Crippen LogP) is 2.06. The van der Waals surface area contributed by atoms with Gasteiger partial charge >= 0.3 is 0 Å². The number of halogens is 2. The van der Waals surface area contributed by atoms with Crippen LogP contribution < -0.4 is 11.2 Å². The zero-order valence-electron chi connectivity index (χ0n) is 13.0. The van der Waals surface area contributed by atoms with Gasteiger partial charge in [0.2, 0.25) is 0 Å². The first-order valence-electron chi connectivity index (χ1n) is 7.30. The minimum absolute atomic E-state index is 0. The van der Waals surface area contributed by atoms with Gasteiger partial charge in [-0.1, -0.05) is 40.9 Å². The van der Waals surface area contributed by atoms with Crippen LogP contribution in [0.25, 0.3) is 0 Å². The van der Waals surface area contributed by atoms with E-state index in [-0.39, 0.29) is 35.3 Å². The number of hydrogen-bond acceptors (Lipinski definition) is 4. The smallest absolute Gasteiger partial charge is 0.252 e. The molecule has 1 aromatic heterocycles. The molecule has 0 fully saturated rings. The van der Waals surface area contributed by atoms with Gasteiger partial charge in [-0.2, -0.15) is 0 Å². The van der Waals surface area contributed by atoms with Crippen molar-refractivity contribution in [3.8, 4) is 0 Å². The van der Waals surface area contributed by atoms with Gasteiger partial charge in [0.05, 0.1) is 16.6 Å². The largest absolute Gasteiger partial charge is 0.772 e. The molecule has 3 N–H and O–H groups in total. The Morgan fingerprint density at radius 1 is 1.44 bits per heavy atom. The third-order valence-electron chi connectivity index (χ3n) is 4.20. The van der Waals surface area contributed by atoms with Crippen molar-refractivity contribution in [2.45, 2.75) is 24.6 Å². The van der Waals surface area contributed by atoms with E-state index in [1.54, 1.807) is 16.8 Å². The van der Waals surface area contributed by atoms with E-state index >= 15 is 0 Å². The fourth-order valence-corrected chi connectivity index (χ4v) is 3.82. The molecule has 0 bridgehead atoms. The third-order valence-corrected chi connectivity index (χ3v) is 4.98. The summed E-state index contributed by atoms with van der Waals surface area (Å²) in [5.74, 6) is -0.759. The lowest BCUT2D eigenvalue weighted by Crippen LogP contribution is -2.31. The Kier molecular flexibility index (Phi) is 6.05. The summed E-state index contributed by atoms with van der Waals surface area (Å²) in [6.45, 7) is 0. The van der Waals surface area contributed by atoms with Crippen LogP contribution in [0.2, 0.25) is 5.02 Å². The molecule has 1 aliphatic carbocycles. The number of nitrogens with two attached hydrogens (primary N) is 1. The number of nitrogens with one attached hydrogen (secondary N) is 1. The topological polar surface area (TPSA) is 112 Å². The summed E-state index contributed by atoms with van der Waals surface area (Å²) in [5.41, 5.74) is 8.14. The van der Waals surface area contributed by atoms with Crippen LogP contribution in [0.4, 0.5) is 0 Å². The first-order chi connectivity index (χ1) is 11.4. The third kappa shape index (κ3) is 3.95. The molecule has 0 saturated heterocycles. The number of primary amides is 1. The van der Waals surface area contributed by atoms with Crippen molar-refractivity contribution in [1.29, 1.82) is 5.41 Å². The molecule has 1 heterocycles. The molecule has 0 saturated carbocycles. The highest BCUT2D eigenvalue weighted by atomic mass is 35.5. The zero-order valence-corrected chi connectivity index (χ0v) is 15.4. The Morgan fingerprint density at radius 3 is 2.80 bits per heavy atom. The van der Waals surface area contributed by atoms with Gasteiger partial charge in [-0.3, -0.25) is 14.4 Å². The molecule has 0 spiro atoms. The van der Waals surface area contributed by atoms with Crippen LogP contribution in [0, 0.1) is 5.41 Å². The van der Waals surface area contributed by atoms with Crippen molar-refractivity contribution < 1.29 is 13.6 Å². The molecule has 0 aliphatic heterocycles. The summed E-state index contributed by atoms with van der Waals surface area (Å²) in [4.78, 5) is 11.5. The number of rotatable bonds is 4. The number of hydrogen-bond donors (Lipinski definition) is 2. The van der Waals surface area contributed by atoms with Crippen molar-refractivity contribution in [3.05, 3.63) is 63.2 Å². The van der Waals surface area contributed by atoms with Crippen molar-refractivity contribution in [2.75, 3.05) is 0 Å². The minimum Gasteiger partial charge on any atom is -0.772 e. The Bertz CT molecular complexity index is 914. The molecule has 1 aliphatic rings. The van der Waals surface area contributed by atoms with E-state index in [0.717, 1.165) is 24.0 Å². The number of aromatic nitrogens is 1. The lowest BCUT2D eigenvalue weighted by atomic mass is 10.0. The number of amides is 1. The van der Waals surface area contributed by atoms with Gasteiger partial charge in [0.25, 0.3) is 5.91 Å². The molecule has 134 valence electrons. The van der Waals surface area contributed by atoms with Gasteiger partial charge < -0.3 is 14.9 Å². The van der Waals surface area contributed by atoms with Crippen molar-refractivity contribution >= 4 is 41.0 Å². The fraction of sp³-hybridized carbons (Fsp3) is 0.250. The lowest BCUT2D eigenvalue weighted by Gasteiger charge is -2.19.